The summed E-state index contributed by atoms with van der Waals surface area (Å²) in [6.07, 6.45) is -16.5. The van der Waals surface area contributed by atoms with E-state index >= 15 is 0 Å². The summed E-state index contributed by atoms with van der Waals surface area (Å²) in [5.41, 5.74) is 3.06. The quantitative estimate of drug-likeness (QED) is 0.574. The number of alkyl halides is 7. The molecule has 2 fully saturated rings. The molecule has 1 atom stereocenters. The van der Waals surface area contributed by atoms with Crippen molar-refractivity contribution >= 4 is 11.8 Å². The van der Waals surface area contributed by atoms with Gasteiger partial charge in [-0.3, -0.25) is 9.29 Å². The van der Waals surface area contributed by atoms with Crippen LogP contribution in [0.4, 0.5) is 41.2 Å². The van der Waals surface area contributed by atoms with E-state index in [0.29, 0.717) is 13.1 Å². The predicted molar refractivity (Wildman–Crippen MR) is 107 cm³/mol. The molecule has 0 bridgehead atoms. The van der Waals surface area contributed by atoms with Gasteiger partial charge in [-0.2, -0.15) is 26.3 Å². The van der Waals surface area contributed by atoms with Crippen LogP contribution in [-0.2, 0) is 11.3 Å². The van der Waals surface area contributed by atoms with Gasteiger partial charge in [0.05, 0.1) is 6.67 Å². The number of rotatable bonds is 5. The first-order valence-electron chi connectivity index (χ1n) is 10.6. The maximum Gasteiger partial charge on any atom is 0.434 e. The smallest absolute Gasteiger partial charge is 0.426 e. The van der Waals surface area contributed by atoms with Crippen LogP contribution >= 0.6 is 0 Å². The van der Waals surface area contributed by atoms with Gasteiger partial charge in [0.2, 0.25) is 0 Å². The summed E-state index contributed by atoms with van der Waals surface area (Å²) < 4.78 is 92.7. The molecule has 1 aromatic carbocycles. The first kappa shape index (κ1) is 25.4. The fourth-order valence-electron chi connectivity index (χ4n) is 4.29. The number of aryl methyl sites for hydroxylation is 1. The van der Waals surface area contributed by atoms with Crippen molar-refractivity contribution in [3.05, 3.63) is 29.3 Å². The van der Waals surface area contributed by atoms with Crippen molar-refractivity contribution in [3.63, 3.8) is 0 Å². The second kappa shape index (κ2) is 9.94. The number of halogens is 7. The fraction of sp³-hybridized carbons (Fsp3) is 0.667. The number of carbonyl (C=O) groups excluding carboxylic acids is 1. The lowest BCUT2D eigenvalue weighted by Crippen LogP contribution is -2.52. The number of benzene rings is 1. The second-order valence-electron chi connectivity index (χ2n) is 8.45. The zero-order valence-electron chi connectivity index (χ0n) is 18.1. The van der Waals surface area contributed by atoms with Crippen molar-refractivity contribution in [2.24, 2.45) is 5.92 Å². The molecule has 3 rings (SSSR count). The zero-order valence-corrected chi connectivity index (χ0v) is 18.1. The zero-order chi connectivity index (χ0) is 24.4. The van der Waals surface area contributed by atoms with Crippen molar-refractivity contribution in [2.45, 2.75) is 38.3 Å². The molecule has 2 heterocycles. The molecular formula is C21H26F7N3O2. The van der Waals surface area contributed by atoms with Crippen LogP contribution in [0.25, 0.3) is 0 Å². The van der Waals surface area contributed by atoms with E-state index in [0.717, 1.165) is 34.7 Å². The van der Waals surface area contributed by atoms with Gasteiger partial charge in [0.15, 0.2) is 0 Å². The number of carbonyl (C=O) groups is 1. The number of para-hydroxylation sites is 1. The third kappa shape index (κ3) is 6.21. The molecule has 186 valence electrons. The van der Waals surface area contributed by atoms with E-state index in [1.165, 1.54) is 0 Å². The van der Waals surface area contributed by atoms with Gasteiger partial charge in [-0.05, 0) is 24.5 Å². The van der Waals surface area contributed by atoms with Gasteiger partial charge in [-0.1, -0.05) is 18.2 Å². The van der Waals surface area contributed by atoms with Gasteiger partial charge < -0.3 is 14.5 Å². The maximum absolute atomic E-state index is 13.1. The molecule has 2 aliphatic rings. The van der Waals surface area contributed by atoms with Gasteiger partial charge in [0.1, 0.15) is 0 Å². The minimum Gasteiger partial charge on any atom is -0.426 e. The number of ether oxygens (including phenoxy) is 1. The Morgan fingerprint density at radius 1 is 1.06 bits per heavy atom. The van der Waals surface area contributed by atoms with Crippen LogP contribution in [0.3, 0.4) is 0 Å². The average molecular weight is 485 g/mol. The maximum atomic E-state index is 13.1. The van der Waals surface area contributed by atoms with Crippen molar-refractivity contribution in [2.75, 3.05) is 50.8 Å². The molecular weight excluding hydrogens is 459 g/mol. The third-order valence-electron chi connectivity index (χ3n) is 5.98. The Morgan fingerprint density at radius 3 is 2.24 bits per heavy atom. The molecule has 0 aliphatic carbocycles. The van der Waals surface area contributed by atoms with Crippen LogP contribution in [-0.4, -0.2) is 80.3 Å². The number of anilines is 1. The van der Waals surface area contributed by atoms with Gasteiger partial charge in [0, 0.05) is 57.4 Å². The average Bonchev–Trinajstić information content (AvgIpc) is 3.19. The lowest BCUT2D eigenvalue weighted by molar-refractivity contribution is -0.308. The van der Waals surface area contributed by atoms with E-state index in [1.54, 1.807) is 0 Å². The lowest BCUT2D eigenvalue weighted by atomic mass is 10.1. The van der Waals surface area contributed by atoms with Gasteiger partial charge in [-0.25, -0.2) is 4.79 Å². The highest BCUT2D eigenvalue weighted by atomic mass is 19.4. The summed E-state index contributed by atoms with van der Waals surface area (Å²) in [6, 6.07) is 5.81. The van der Waals surface area contributed by atoms with Crippen LogP contribution < -0.4 is 4.90 Å². The molecule has 0 unspecified atom stereocenters. The van der Waals surface area contributed by atoms with Gasteiger partial charge in [-0.15, -0.1) is 0 Å². The largest absolute Gasteiger partial charge is 0.434 e. The van der Waals surface area contributed by atoms with Crippen molar-refractivity contribution < 1.29 is 40.3 Å². The molecule has 0 spiro atoms. The number of piperazine rings is 1. The topological polar surface area (TPSA) is 36.0 Å². The van der Waals surface area contributed by atoms with Gasteiger partial charge >= 0.3 is 18.4 Å². The molecule has 1 aromatic rings. The van der Waals surface area contributed by atoms with E-state index in [-0.39, 0.29) is 38.8 Å². The minimum atomic E-state index is -5.74. The Kier molecular flexibility index (Phi) is 7.65. The standard InChI is InChI=1S/C21H26F7N3O2/c1-14-3-2-4-16(17(14)31-6-5-15(11-22)12-31)13-29-7-9-30(10-8-29)19(32)33-18(20(23,24)25)21(26,27)28/h2-4,15,18H,5-13H2,1H3/t15-/m1/s1. The normalized spacial score (nSPS) is 20.6. The monoisotopic (exact) mass is 485 g/mol. The molecule has 0 aromatic heterocycles. The highest BCUT2D eigenvalue weighted by Crippen LogP contribution is 2.36. The van der Waals surface area contributed by atoms with E-state index in [9.17, 15) is 35.5 Å². The molecule has 12 heteroatoms. The molecule has 0 saturated carbocycles. The Hall–Kier alpha value is -2.24. The number of amides is 1. The first-order valence-corrected chi connectivity index (χ1v) is 10.6. The molecule has 0 N–H and O–H groups in total. The highest BCUT2D eigenvalue weighted by Gasteiger charge is 2.60. The number of hydrogen-bond acceptors (Lipinski definition) is 4. The van der Waals surface area contributed by atoms with Crippen LogP contribution in [0, 0.1) is 12.8 Å². The predicted octanol–water partition coefficient (Wildman–Crippen LogP) is 4.54. The van der Waals surface area contributed by atoms with Crippen LogP contribution in [0.2, 0.25) is 0 Å². The molecule has 1 amide bonds. The highest BCUT2D eigenvalue weighted by molar-refractivity contribution is 5.68. The summed E-state index contributed by atoms with van der Waals surface area (Å²) >= 11 is 0. The Bertz CT molecular complexity index is 809. The Balaban J connectivity index is 1.60. The second-order valence-corrected chi connectivity index (χ2v) is 8.45. The van der Waals surface area contributed by atoms with Crippen LogP contribution in [0.1, 0.15) is 17.5 Å². The van der Waals surface area contributed by atoms with Crippen LogP contribution in [0.15, 0.2) is 18.2 Å². The lowest BCUT2D eigenvalue weighted by Gasteiger charge is -2.36. The van der Waals surface area contributed by atoms with E-state index < -0.39 is 24.5 Å². The summed E-state index contributed by atoms with van der Waals surface area (Å²) in [7, 11) is 0. The molecule has 33 heavy (non-hydrogen) atoms. The summed E-state index contributed by atoms with van der Waals surface area (Å²) in [4.78, 5) is 16.9. The SMILES string of the molecule is Cc1cccc(CN2CCN(C(=O)OC(C(F)(F)F)C(F)(F)F)CC2)c1N1CC[C@H](CF)C1. The van der Waals surface area contributed by atoms with E-state index in [1.807, 2.05) is 30.0 Å². The Morgan fingerprint density at radius 2 is 1.70 bits per heavy atom. The van der Waals surface area contributed by atoms with E-state index in [4.69, 9.17) is 0 Å². The summed E-state index contributed by atoms with van der Waals surface area (Å²) in [5.74, 6) is -0.00997. The van der Waals surface area contributed by atoms with Crippen molar-refractivity contribution in [1.82, 2.24) is 9.80 Å². The first-order chi connectivity index (χ1) is 15.4. The minimum absolute atomic E-state index is 0.00997. The van der Waals surface area contributed by atoms with Crippen molar-refractivity contribution in [3.8, 4) is 0 Å². The van der Waals surface area contributed by atoms with Gasteiger partial charge in [0.25, 0.3) is 6.10 Å². The summed E-state index contributed by atoms with van der Waals surface area (Å²) in [6.45, 7) is 3.85. The molecule has 2 aliphatic heterocycles. The van der Waals surface area contributed by atoms with E-state index in [2.05, 4.69) is 9.64 Å². The molecule has 0 radical (unpaired) electrons. The molecule has 2 saturated heterocycles. The Labute approximate surface area is 187 Å². The van der Waals surface area contributed by atoms with Crippen LogP contribution in [0.5, 0.6) is 0 Å². The fourth-order valence-corrected chi connectivity index (χ4v) is 4.29. The van der Waals surface area contributed by atoms with Crippen molar-refractivity contribution in [1.29, 1.82) is 0 Å². The third-order valence-corrected chi connectivity index (χ3v) is 5.98. The summed E-state index contributed by atoms with van der Waals surface area (Å²) in [5, 5.41) is 0. The molecule has 5 nitrogen and oxygen atoms in total. The number of nitrogens with zero attached hydrogens (tertiary/aromatic N) is 3. The number of hydrogen-bond donors (Lipinski definition) is 0.